The van der Waals surface area contributed by atoms with Crippen molar-refractivity contribution >= 4 is 35.8 Å². The third-order valence-electron chi connectivity index (χ3n) is 3.87. The number of nitrogens with zero attached hydrogens (tertiary/aromatic N) is 2. The molecule has 1 aliphatic heterocycles. The number of hydrogen-bond acceptors (Lipinski definition) is 7. The molecule has 8 nitrogen and oxygen atoms in total. The van der Waals surface area contributed by atoms with Crippen molar-refractivity contribution in [2.24, 2.45) is 0 Å². The molecule has 1 aromatic rings. The maximum atomic E-state index is 12.4. The minimum Gasteiger partial charge on any atom is -0.495 e. The Balaban J connectivity index is 0.00000312. The Morgan fingerprint density at radius 3 is 2.68 bits per heavy atom. The molecule has 1 saturated heterocycles. The Kier molecular flexibility index (Phi) is 8.98. The minimum absolute atomic E-state index is 0. The molecule has 2 rings (SSSR count). The van der Waals surface area contributed by atoms with Crippen LogP contribution in [0.5, 0.6) is 5.75 Å². The number of rotatable bonds is 7. The first-order valence-corrected chi connectivity index (χ1v) is 8.91. The smallest absolute Gasteiger partial charge is 0.285 e. The fourth-order valence-electron chi connectivity index (χ4n) is 2.56. The Bertz CT molecular complexity index is 611. The van der Waals surface area contributed by atoms with Crippen molar-refractivity contribution in [3.8, 4) is 5.75 Å². The van der Waals surface area contributed by atoms with E-state index in [4.69, 9.17) is 4.74 Å². The first-order valence-electron chi connectivity index (χ1n) is 7.68. The Labute approximate surface area is 157 Å². The first-order chi connectivity index (χ1) is 11.6. The predicted octanol–water partition coefficient (Wildman–Crippen LogP) is 1.38. The van der Waals surface area contributed by atoms with E-state index in [9.17, 15) is 14.9 Å². The van der Waals surface area contributed by atoms with E-state index in [1.54, 1.807) is 0 Å². The summed E-state index contributed by atoms with van der Waals surface area (Å²) in [6.45, 7) is 4.94. The molecule has 10 heteroatoms. The van der Waals surface area contributed by atoms with Crippen LogP contribution in [0.15, 0.2) is 17.0 Å². The Morgan fingerprint density at radius 2 is 2.12 bits per heavy atom. The molecule has 0 aromatic heterocycles. The largest absolute Gasteiger partial charge is 0.495 e. The van der Waals surface area contributed by atoms with Crippen molar-refractivity contribution in [2.75, 3.05) is 52.6 Å². The second-order valence-corrected chi connectivity index (χ2v) is 6.18. The number of halogens is 1. The van der Waals surface area contributed by atoms with E-state index in [-0.39, 0.29) is 23.7 Å². The quantitative estimate of drug-likeness (QED) is 0.412. The van der Waals surface area contributed by atoms with Crippen LogP contribution in [0.25, 0.3) is 0 Å². The highest BCUT2D eigenvalue weighted by Gasteiger charge is 2.23. The summed E-state index contributed by atoms with van der Waals surface area (Å²) >= 11 is 1.38. The zero-order valence-corrected chi connectivity index (χ0v) is 15.9. The number of piperazine rings is 1. The molecule has 0 spiro atoms. The van der Waals surface area contributed by atoms with Gasteiger partial charge in [-0.3, -0.25) is 19.8 Å². The van der Waals surface area contributed by atoms with Crippen molar-refractivity contribution in [3.63, 3.8) is 0 Å². The number of carbonyl (C=O) groups is 1. The van der Waals surface area contributed by atoms with Gasteiger partial charge in [0.1, 0.15) is 11.3 Å². The van der Waals surface area contributed by atoms with Crippen molar-refractivity contribution in [1.82, 2.24) is 15.5 Å². The second-order valence-electron chi connectivity index (χ2n) is 5.33. The standard InChI is InChI=1S/C15H22N4O4S.ClH/c1-23-13-10-12(19(21)22)11(9-14(13)24-2)15(20)17-5-8-18-6-3-16-4-7-18;/h9-10,16H,3-8H2,1-2H3,(H,17,20);1H. The predicted molar refractivity (Wildman–Crippen MR) is 100 cm³/mol. The van der Waals surface area contributed by atoms with E-state index < -0.39 is 10.8 Å². The highest BCUT2D eigenvalue weighted by atomic mass is 35.5. The van der Waals surface area contributed by atoms with Crippen LogP contribution in [0.2, 0.25) is 0 Å². The van der Waals surface area contributed by atoms with E-state index in [1.807, 2.05) is 6.26 Å². The lowest BCUT2D eigenvalue weighted by Crippen LogP contribution is -2.46. The number of nitro benzene ring substituents is 1. The summed E-state index contributed by atoms with van der Waals surface area (Å²) in [6, 6.07) is 2.82. The van der Waals surface area contributed by atoms with Crippen LogP contribution < -0.4 is 15.4 Å². The topological polar surface area (TPSA) is 96.7 Å². The number of benzene rings is 1. The summed E-state index contributed by atoms with van der Waals surface area (Å²) in [5.74, 6) is -0.0404. The maximum absolute atomic E-state index is 12.4. The number of nitro groups is 1. The molecule has 1 amide bonds. The lowest BCUT2D eigenvalue weighted by atomic mass is 10.1. The highest BCUT2D eigenvalue weighted by Crippen LogP contribution is 2.34. The van der Waals surface area contributed by atoms with Crippen molar-refractivity contribution in [2.45, 2.75) is 4.90 Å². The van der Waals surface area contributed by atoms with Crippen molar-refractivity contribution in [1.29, 1.82) is 0 Å². The zero-order valence-electron chi connectivity index (χ0n) is 14.2. The van der Waals surface area contributed by atoms with E-state index in [1.165, 1.54) is 31.0 Å². The molecule has 0 unspecified atom stereocenters. The number of ether oxygens (including phenoxy) is 1. The second kappa shape index (κ2) is 10.4. The summed E-state index contributed by atoms with van der Waals surface area (Å²) in [5, 5.41) is 17.3. The van der Waals surface area contributed by atoms with Gasteiger partial charge in [0.05, 0.1) is 23.0 Å². The molecule has 1 heterocycles. The average molecular weight is 391 g/mol. The van der Waals surface area contributed by atoms with Gasteiger partial charge in [0.15, 0.2) is 0 Å². The summed E-state index contributed by atoms with van der Waals surface area (Å²) in [7, 11) is 1.45. The van der Waals surface area contributed by atoms with Crippen LogP contribution >= 0.6 is 24.2 Å². The number of thioether (sulfide) groups is 1. The average Bonchev–Trinajstić information content (AvgIpc) is 2.61. The monoisotopic (exact) mass is 390 g/mol. The summed E-state index contributed by atoms with van der Waals surface area (Å²) < 4.78 is 5.15. The van der Waals surface area contributed by atoms with Gasteiger partial charge in [-0.25, -0.2) is 0 Å². The summed E-state index contributed by atoms with van der Waals surface area (Å²) in [6.07, 6.45) is 1.83. The van der Waals surface area contributed by atoms with Crippen LogP contribution in [0.4, 0.5) is 5.69 Å². The summed E-state index contributed by atoms with van der Waals surface area (Å²) in [4.78, 5) is 26.0. The molecule has 0 saturated carbocycles. The van der Waals surface area contributed by atoms with Gasteiger partial charge in [-0.1, -0.05) is 0 Å². The van der Waals surface area contributed by atoms with Crippen molar-refractivity contribution < 1.29 is 14.5 Å². The van der Waals surface area contributed by atoms with E-state index >= 15 is 0 Å². The van der Waals surface area contributed by atoms with Crippen molar-refractivity contribution in [3.05, 3.63) is 27.8 Å². The molecular formula is C15H23ClN4O4S. The lowest BCUT2D eigenvalue weighted by Gasteiger charge is -2.27. The molecular weight excluding hydrogens is 368 g/mol. The van der Waals surface area contributed by atoms with Crippen LogP contribution in [0, 0.1) is 10.1 Å². The van der Waals surface area contributed by atoms with Crippen LogP contribution in [-0.4, -0.2) is 68.4 Å². The molecule has 1 fully saturated rings. The number of methoxy groups -OCH3 is 1. The Morgan fingerprint density at radius 1 is 1.44 bits per heavy atom. The lowest BCUT2D eigenvalue weighted by molar-refractivity contribution is -0.385. The van der Waals surface area contributed by atoms with Gasteiger partial charge in [0.25, 0.3) is 11.6 Å². The normalized spacial score (nSPS) is 14.5. The molecule has 140 valence electrons. The van der Waals surface area contributed by atoms with Gasteiger partial charge in [-0.15, -0.1) is 24.2 Å². The molecule has 0 bridgehead atoms. The van der Waals surface area contributed by atoms with Crippen LogP contribution in [0.3, 0.4) is 0 Å². The minimum atomic E-state index is -0.558. The number of amides is 1. The van der Waals surface area contributed by atoms with E-state index in [0.717, 1.165) is 32.7 Å². The molecule has 1 aromatic carbocycles. The van der Waals surface area contributed by atoms with Gasteiger partial charge < -0.3 is 15.4 Å². The third-order valence-corrected chi connectivity index (χ3v) is 4.63. The fourth-order valence-corrected chi connectivity index (χ4v) is 3.14. The number of hydrogen-bond donors (Lipinski definition) is 2. The van der Waals surface area contributed by atoms with Gasteiger partial charge in [-0.2, -0.15) is 0 Å². The zero-order chi connectivity index (χ0) is 17.5. The SMILES string of the molecule is COc1cc([N+](=O)[O-])c(C(=O)NCCN2CCNCC2)cc1SC.Cl. The Hall–Kier alpha value is -1.55. The van der Waals surface area contributed by atoms with Crippen LogP contribution in [-0.2, 0) is 0 Å². The van der Waals surface area contributed by atoms with Gasteiger partial charge >= 0.3 is 0 Å². The van der Waals surface area contributed by atoms with Gasteiger partial charge in [-0.05, 0) is 12.3 Å². The number of nitrogens with one attached hydrogen (secondary N) is 2. The number of carbonyl (C=O) groups excluding carboxylic acids is 1. The van der Waals surface area contributed by atoms with E-state index in [2.05, 4.69) is 15.5 Å². The highest BCUT2D eigenvalue weighted by molar-refractivity contribution is 7.98. The van der Waals surface area contributed by atoms with Crippen LogP contribution in [0.1, 0.15) is 10.4 Å². The molecule has 0 radical (unpaired) electrons. The molecule has 0 aliphatic carbocycles. The first kappa shape index (κ1) is 21.5. The van der Waals surface area contributed by atoms with Gasteiger partial charge in [0.2, 0.25) is 0 Å². The molecule has 1 aliphatic rings. The summed E-state index contributed by atoms with van der Waals surface area (Å²) in [5.41, 5.74) is -0.185. The fraction of sp³-hybridized carbons (Fsp3) is 0.533. The molecule has 2 N–H and O–H groups in total. The molecule has 0 atom stereocenters. The van der Waals surface area contributed by atoms with E-state index in [0.29, 0.717) is 17.2 Å². The maximum Gasteiger partial charge on any atom is 0.285 e. The third kappa shape index (κ3) is 5.74. The molecule has 25 heavy (non-hydrogen) atoms. The van der Waals surface area contributed by atoms with Gasteiger partial charge in [0, 0.05) is 39.3 Å².